The predicted octanol–water partition coefficient (Wildman–Crippen LogP) is 1.96. The van der Waals surface area contributed by atoms with Gasteiger partial charge in [-0.2, -0.15) is 0 Å². The zero-order valence-electron chi connectivity index (χ0n) is 13.6. The van der Waals surface area contributed by atoms with Crippen LogP contribution < -0.4 is 10.1 Å². The van der Waals surface area contributed by atoms with Crippen LogP contribution in [0.3, 0.4) is 0 Å². The fourth-order valence-corrected chi connectivity index (χ4v) is 2.34. The van der Waals surface area contributed by atoms with Gasteiger partial charge >= 0.3 is 0 Å². The van der Waals surface area contributed by atoms with Gasteiger partial charge in [0.25, 0.3) is 5.91 Å². The van der Waals surface area contributed by atoms with E-state index in [1.807, 2.05) is 48.9 Å². The number of hydrogen-bond donors (Lipinski definition) is 1. The van der Waals surface area contributed by atoms with Gasteiger partial charge in [-0.25, -0.2) is 4.39 Å². The summed E-state index contributed by atoms with van der Waals surface area (Å²) in [5.41, 5.74) is 1.10. The normalized spacial score (nSPS) is 12.2. The smallest absolute Gasteiger partial charge is 0.258 e. The van der Waals surface area contributed by atoms with E-state index in [1.165, 1.54) is 12.1 Å². The third-order valence-electron chi connectivity index (χ3n) is 3.64. The Balaban J connectivity index is 1.87. The molecule has 1 heterocycles. The number of carbonyl (C=O) groups is 1. The Kier molecular flexibility index (Phi) is 5.76. The van der Waals surface area contributed by atoms with Crippen LogP contribution >= 0.6 is 0 Å². The fourth-order valence-electron chi connectivity index (χ4n) is 2.34. The maximum Gasteiger partial charge on any atom is 0.258 e. The second-order valence-corrected chi connectivity index (χ2v) is 5.55. The van der Waals surface area contributed by atoms with Crippen LogP contribution in [0.2, 0.25) is 0 Å². The lowest BCUT2D eigenvalue weighted by Gasteiger charge is -2.25. The average Bonchev–Trinajstić information content (AvgIpc) is 2.92. The first-order valence-electron chi connectivity index (χ1n) is 7.40. The van der Waals surface area contributed by atoms with Crippen molar-refractivity contribution in [1.29, 1.82) is 0 Å². The van der Waals surface area contributed by atoms with Crippen molar-refractivity contribution in [3.05, 3.63) is 54.1 Å². The molecule has 0 saturated carbocycles. The van der Waals surface area contributed by atoms with E-state index in [2.05, 4.69) is 5.32 Å². The lowest BCUT2D eigenvalue weighted by molar-refractivity contribution is -0.123. The van der Waals surface area contributed by atoms with Gasteiger partial charge in [0.1, 0.15) is 0 Å². The Morgan fingerprint density at radius 3 is 2.65 bits per heavy atom. The molecule has 1 aromatic heterocycles. The summed E-state index contributed by atoms with van der Waals surface area (Å²) in [5.74, 6) is -0.682. The summed E-state index contributed by atoms with van der Waals surface area (Å²) in [4.78, 5) is 14.0. The minimum absolute atomic E-state index is 0.0485. The fraction of sp³-hybridized carbons (Fsp3) is 0.353. The van der Waals surface area contributed by atoms with Gasteiger partial charge in [-0.15, -0.1) is 0 Å². The van der Waals surface area contributed by atoms with Crippen molar-refractivity contribution in [2.75, 3.05) is 27.2 Å². The molecule has 2 rings (SSSR count). The molecule has 1 atom stereocenters. The summed E-state index contributed by atoms with van der Waals surface area (Å²) >= 11 is 0. The molecule has 5 nitrogen and oxygen atoms in total. The van der Waals surface area contributed by atoms with Crippen LogP contribution in [0.4, 0.5) is 4.39 Å². The van der Waals surface area contributed by atoms with Crippen LogP contribution in [-0.2, 0) is 11.8 Å². The number of nitrogens with zero attached hydrogens (tertiary/aromatic N) is 2. The number of carbonyl (C=O) groups excluding carboxylic acids is 1. The summed E-state index contributed by atoms with van der Waals surface area (Å²) in [7, 11) is 5.88. The molecule has 0 fully saturated rings. The molecular formula is C17H22FN3O2. The number of likely N-dealkylation sites (N-methyl/N-ethyl adjacent to an activating group) is 1. The van der Waals surface area contributed by atoms with E-state index in [0.717, 1.165) is 5.69 Å². The molecule has 0 aliphatic rings. The lowest BCUT2D eigenvalue weighted by Crippen LogP contribution is -2.37. The molecule has 1 amide bonds. The van der Waals surface area contributed by atoms with Crippen LogP contribution in [0.25, 0.3) is 0 Å². The van der Waals surface area contributed by atoms with Gasteiger partial charge in [0.05, 0.1) is 6.04 Å². The van der Waals surface area contributed by atoms with Gasteiger partial charge in [-0.05, 0) is 38.4 Å². The zero-order valence-corrected chi connectivity index (χ0v) is 13.6. The van der Waals surface area contributed by atoms with Crippen LogP contribution in [0.1, 0.15) is 11.7 Å². The van der Waals surface area contributed by atoms with Crippen LogP contribution in [-0.4, -0.2) is 42.6 Å². The highest BCUT2D eigenvalue weighted by molar-refractivity contribution is 5.77. The quantitative estimate of drug-likeness (QED) is 0.849. The Labute approximate surface area is 135 Å². The van der Waals surface area contributed by atoms with Crippen molar-refractivity contribution >= 4 is 5.91 Å². The number of hydrogen-bond acceptors (Lipinski definition) is 3. The Morgan fingerprint density at radius 1 is 1.30 bits per heavy atom. The van der Waals surface area contributed by atoms with Gasteiger partial charge < -0.3 is 14.6 Å². The molecule has 0 radical (unpaired) electrons. The SMILES string of the molecule is CN(C)C(CNC(=O)COc1ccccc1F)c1cccn1C. The van der Waals surface area contributed by atoms with E-state index in [4.69, 9.17) is 4.74 Å². The van der Waals surface area contributed by atoms with E-state index in [1.54, 1.807) is 12.1 Å². The van der Waals surface area contributed by atoms with Crippen molar-refractivity contribution in [3.63, 3.8) is 0 Å². The van der Waals surface area contributed by atoms with E-state index < -0.39 is 5.82 Å². The highest BCUT2D eigenvalue weighted by Gasteiger charge is 2.17. The summed E-state index contributed by atoms with van der Waals surface area (Å²) in [6.07, 6.45) is 1.97. The largest absolute Gasteiger partial charge is 0.481 e. The monoisotopic (exact) mass is 319 g/mol. The maximum absolute atomic E-state index is 13.4. The molecule has 0 saturated heterocycles. The Bertz CT molecular complexity index is 655. The first kappa shape index (κ1) is 17.0. The number of nitrogens with one attached hydrogen (secondary N) is 1. The van der Waals surface area contributed by atoms with Gasteiger partial charge in [-0.1, -0.05) is 12.1 Å². The van der Waals surface area contributed by atoms with Crippen molar-refractivity contribution < 1.29 is 13.9 Å². The number of ether oxygens (including phenoxy) is 1. The molecule has 6 heteroatoms. The summed E-state index contributed by atoms with van der Waals surface area (Å²) < 4.78 is 20.6. The first-order valence-corrected chi connectivity index (χ1v) is 7.40. The molecule has 0 spiro atoms. The molecular weight excluding hydrogens is 297 g/mol. The van der Waals surface area contributed by atoms with Crippen LogP contribution in [0.5, 0.6) is 5.75 Å². The number of rotatable bonds is 7. The van der Waals surface area contributed by atoms with Crippen molar-refractivity contribution in [3.8, 4) is 5.75 Å². The van der Waals surface area contributed by atoms with Crippen molar-refractivity contribution in [2.24, 2.45) is 7.05 Å². The van der Waals surface area contributed by atoms with Crippen LogP contribution in [0.15, 0.2) is 42.6 Å². The highest BCUT2D eigenvalue weighted by Crippen LogP contribution is 2.17. The first-order chi connectivity index (χ1) is 11.0. The van der Waals surface area contributed by atoms with Crippen molar-refractivity contribution in [1.82, 2.24) is 14.8 Å². The van der Waals surface area contributed by atoms with Gasteiger partial charge in [0, 0.05) is 25.5 Å². The van der Waals surface area contributed by atoms with Crippen LogP contribution in [0, 0.1) is 5.82 Å². The number of aryl methyl sites for hydroxylation is 1. The number of benzene rings is 1. The lowest BCUT2D eigenvalue weighted by atomic mass is 10.2. The van der Waals surface area contributed by atoms with Gasteiger partial charge in [-0.3, -0.25) is 9.69 Å². The zero-order chi connectivity index (χ0) is 16.8. The third-order valence-corrected chi connectivity index (χ3v) is 3.64. The molecule has 0 aliphatic heterocycles. The summed E-state index contributed by atoms with van der Waals surface area (Å²) in [6, 6.07) is 10.1. The molecule has 23 heavy (non-hydrogen) atoms. The van der Waals surface area contributed by atoms with E-state index in [-0.39, 0.29) is 24.3 Å². The second kappa shape index (κ2) is 7.78. The summed E-state index contributed by atoms with van der Waals surface area (Å²) in [6.45, 7) is 0.235. The molecule has 0 bridgehead atoms. The highest BCUT2D eigenvalue weighted by atomic mass is 19.1. The second-order valence-electron chi connectivity index (χ2n) is 5.55. The van der Waals surface area contributed by atoms with Gasteiger partial charge in [0.15, 0.2) is 18.2 Å². The average molecular weight is 319 g/mol. The molecule has 0 aliphatic carbocycles. The van der Waals surface area contributed by atoms with Gasteiger partial charge in [0.2, 0.25) is 0 Å². The summed E-state index contributed by atoms with van der Waals surface area (Å²) in [5, 5.41) is 2.83. The predicted molar refractivity (Wildman–Crippen MR) is 86.7 cm³/mol. The van der Waals surface area contributed by atoms with Crippen molar-refractivity contribution in [2.45, 2.75) is 6.04 Å². The number of para-hydroxylation sites is 1. The topological polar surface area (TPSA) is 46.5 Å². The van der Waals surface area contributed by atoms with E-state index in [9.17, 15) is 9.18 Å². The number of halogens is 1. The Hall–Kier alpha value is -2.34. The Morgan fingerprint density at radius 2 is 2.04 bits per heavy atom. The minimum Gasteiger partial charge on any atom is -0.481 e. The molecule has 2 aromatic rings. The molecule has 1 aromatic carbocycles. The molecule has 124 valence electrons. The maximum atomic E-state index is 13.4. The molecule has 1 N–H and O–H groups in total. The minimum atomic E-state index is -0.477. The van der Waals surface area contributed by atoms with E-state index in [0.29, 0.717) is 6.54 Å². The number of amides is 1. The third kappa shape index (κ3) is 4.56. The standard InChI is InChI=1S/C17H22FN3O2/c1-20(2)15(14-8-6-10-21(14)3)11-19-17(22)12-23-16-9-5-4-7-13(16)18/h4-10,15H,11-12H2,1-3H3,(H,19,22). The molecule has 1 unspecified atom stereocenters. The van der Waals surface area contributed by atoms with E-state index >= 15 is 0 Å². The number of aromatic nitrogens is 1.